The number of fused-ring (bicyclic) bond motifs is 1. The van der Waals surface area contributed by atoms with E-state index in [0.717, 1.165) is 36.5 Å². The van der Waals surface area contributed by atoms with Crippen molar-refractivity contribution in [2.45, 2.75) is 38.0 Å². The molecule has 3 aromatic rings. The minimum absolute atomic E-state index is 0.0346. The van der Waals surface area contributed by atoms with Crippen molar-refractivity contribution in [3.8, 4) is 5.69 Å². The maximum atomic E-state index is 13.2. The maximum Gasteiger partial charge on any atom is 0.417 e. The Hall–Kier alpha value is -3.24. The van der Waals surface area contributed by atoms with Gasteiger partial charge in [-0.3, -0.25) is 9.79 Å². The van der Waals surface area contributed by atoms with Crippen molar-refractivity contribution >= 4 is 34.6 Å². The van der Waals surface area contributed by atoms with Crippen LogP contribution in [0.4, 0.5) is 24.5 Å². The molecule has 1 aromatic heterocycles. The summed E-state index contributed by atoms with van der Waals surface area (Å²) < 4.78 is 41.4. The summed E-state index contributed by atoms with van der Waals surface area (Å²) >= 11 is 5.87. The summed E-state index contributed by atoms with van der Waals surface area (Å²) in [6.07, 6.45) is -0.967. The van der Waals surface area contributed by atoms with Crippen molar-refractivity contribution < 1.29 is 18.0 Å². The van der Waals surface area contributed by atoms with Gasteiger partial charge >= 0.3 is 6.18 Å². The van der Waals surface area contributed by atoms with Crippen molar-refractivity contribution in [2.24, 2.45) is 4.99 Å². The third-order valence-electron chi connectivity index (χ3n) is 5.42. The van der Waals surface area contributed by atoms with Gasteiger partial charge in [0, 0.05) is 6.04 Å². The number of alkyl halides is 3. The van der Waals surface area contributed by atoms with Crippen molar-refractivity contribution in [1.29, 1.82) is 0 Å². The Balaban J connectivity index is 1.50. The number of carbonyl (C=O) groups is 1. The van der Waals surface area contributed by atoms with Crippen LogP contribution in [0.2, 0.25) is 5.02 Å². The molecule has 2 heterocycles. The molecule has 5 rings (SSSR count). The van der Waals surface area contributed by atoms with Crippen LogP contribution >= 0.6 is 11.6 Å². The predicted molar refractivity (Wildman–Crippen MR) is 117 cm³/mol. The zero-order valence-corrected chi connectivity index (χ0v) is 17.9. The second-order valence-electron chi connectivity index (χ2n) is 7.92. The number of aliphatic imine (C=N–C) groups is 1. The molecule has 0 spiro atoms. The number of carbonyl (C=O) groups excluding carboxylic acids is 1. The molecule has 1 fully saturated rings. The van der Waals surface area contributed by atoms with Crippen LogP contribution in [0, 0.1) is 0 Å². The van der Waals surface area contributed by atoms with E-state index in [4.69, 9.17) is 11.6 Å². The zero-order chi connectivity index (χ0) is 23.2. The van der Waals surface area contributed by atoms with E-state index in [1.165, 1.54) is 6.33 Å². The van der Waals surface area contributed by atoms with Gasteiger partial charge in [0.2, 0.25) is 5.91 Å². The summed E-state index contributed by atoms with van der Waals surface area (Å²) in [5, 5.41) is 9.72. The second kappa shape index (κ2) is 8.27. The number of anilines is 1. The lowest BCUT2D eigenvalue weighted by atomic mass is 10.1. The topological polar surface area (TPSA) is 84.2 Å². The first-order chi connectivity index (χ1) is 15.8. The second-order valence-corrected chi connectivity index (χ2v) is 8.33. The molecule has 2 aliphatic rings. The molecule has 1 aliphatic heterocycles. The van der Waals surface area contributed by atoms with E-state index in [1.807, 2.05) is 12.1 Å². The van der Waals surface area contributed by atoms with E-state index in [1.54, 1.807) is 16.8 Å². The molecule has 33 heavy (non-hydrogen) atoms. The Morgan fingerprint density at radius 3 is 2.79 bits per heavy atom. The van der Waals surface area contributed by atoms with Gasteiger partial charge in [-0.1, -0.05) is 23.7 Å². The molecule has 1 amide bonds. The summed E-state index contributed by atoms with van der Waals surface area (Å²) in [5.41, 5.74) is 0.879. The summed E-state index contributed by atoms with van der Waals surface area (Å²) in [6.45, 7) is 0.575. The van der Waals surface area contributed by atoms with E-state index >= 15 is 0 Å². The van der Waals surface area contributed by atoms with Gasteiger partial charge in [0.05, 0.1) is 46.3 Å². The van der Waals surface area contributed by atoms with Crippen LogP contribution in [-0.4, -0.2) is 32.4 Å². The Morgan fingerprint density at radius 1 is 1.21 bits per heavy atom. The molecular weight excluding hydrogens is 457 g/mol. The third kappa shape index (κ3) is 4.62. The largest absolute Gasteiger partial charge is 0.417 e. The number of hydrogen-bond acceptors (Lipinski definition) is 5. The molecule has 11 heteroatoms. The number of halogens is 4. The Morgan fingerprint density at radius 2 is 2.03 bits per heavy atom. The first-order valence-electron chi connectivity index (χ1n) is 10.3. The third-order valence-corrected chi connectivity index (χ3v) is 5.73. The summed E-state index contributed by atoms with van der Waals surface area (Å²) in [5.74, 6) is 0.278. The Labute approximate surface area is 191 Å². The minimum Gasteiger partial charge on any atom is -0.324 e. The Bertz CT molecular complexity index is 1270. The molecule has 2 aromatic carbocycles. The summed E-state index contributed by atoms with van der Waals surface area (Å²) in [4.78, 5) is 21.3. The van der Waals surface area contributed by atoms with Crippen molar-refractivity contribution in [3.63, 3.8) is 0 Å². The van der Waals surface area contributed by atoms with Crippen LogP contribution in [0.3, 0.4) is 0 Å². The lowest BCUT2D eigenvalue weighted by Crippen LogP contribution is -2.19. The molecule has 1 saturated carbocycles. The number of benzene rings is 2. The van der Waals surface area contributed by atoms with E-state index in [0.29, 0.717) is 23.9 Å². The number of rotatable bonds is 5. The van der Waals surface area contributed by atoms with Crippen LogP contribution in [0.5, 0.6) is 0 Å². The average molecular weight is 475 g/mol. The molecule has 2 N–H and O–H groups in total. The fourth-order valence-electron chi connectivity index (χ4n) is 3.61. The molecule has 0 radical (unpaired) electrons. The molecule has 1 aliphatic carbocycles. The van der Waals surface area contributed by atoms with E-state index in [2.05, 4.69) is 25.7 Å². The zero-order valence-electron chi connectivity index (χ0n) is 17.2. The highest BCUT2D eigenvalue weighted by Crippen LogP contribution is 2.41. The fourth-order valence-corrected chi connectivity index (χ4v) is 3.88. The van der Waals surface area contributed by atoms with Crippen LogP contribution in [0.1, 0.15) is 36.2 Å². The normalized spacial score (nSPS) is 16.1. The molecule has 0 unspecified atom stereocenters. The lowest BCUT2D eigenvalue weighted by Gasteiger charge is -2.12. The van der Waals surface area contributed by atoms with Gasteiger partial charge in [-0.2, -0.15) is 18.3 Å². The Kier molecular flexibility index (Phi) is 5.41. The SMILES string of the molecule is O=C1CC(c2cccc(-n3ncnc3CNC3CC3)c2)=Nc2cc(Cl)c(C(F)(F)F)cc2N1. The first-order valence-corrected chi connectivity index (χ1v) is 10.7. The van der Waals surface area contributed by atoms with Gasteiger partial charge in [0.25, 0.3) is 0 Å². The number of nitrogens with zero attached hydrogens (tertiary/aromatic N) is 4. The molecule has 0 saturated heterocycles. The summed E-state index contributed by atoms with van der Waals surface area (Å²) in [7, 11) is 0. The number of hydrogen-bond donors (Lipinski definition) is 2. The number of amides is 1. The minimum atomic E-state index is -4.64. The highest BCUT2D eigenvalue weighted by atomic mass is 35.5. The molecular formula is C22H18ClF3N6O. The van der Waals surface area contributed by atoms with Gasteiger partial charge in [-0.15, -0.1) is 0 Å². The summed E-state index contributed by atoms with van der Waals surface area (Å²) in [6, 6.07) is 9.71. The highest BCUT2D eigenvalue weighted by molar-refractivity contribution is 6.32. The van der Waals surface area contributed by atoms with E-state index in [-0.39, 0.29) is 17.8 Å². The van der Waals surface area contributed by atoms with Crippen molar-refractivity contribution in [3.05, 3.63) is 64.7 Å². The van der Waals surface area contributed by atoms with Crippen molar-refractivity contribution in [2.75, 3.05) is 5.32 Å². The van der Waals surface area contributed by atoms with Gasteiger partial charge in [-0.25, -0.2) is 9.67 Å². The highest BCUT2D eigenvalue weighted by Gasteiger charge is 2.35. The monoisotopic (exact) mass is 474 g/mol. The van der Waals surface area contributed by atoms with Crippen LogP contribution in [0.15, 0.2) is 47.7 Å². The van der Waals surface area contributed by atoms with E-state index < -0.39 is 22.7 Å². The standard InChI is InChI=1S/C22H18ClF3N6O/c23-16-8-19-18(7-15(16)22(24,25)26)31-21(33)9-17(30-19)12-2-1-3-14(6-12)32-20(28-11-29-32)10-27-13-4-5-13/h1-3,6-8,11,13,27H,4-5,9-10H2,(H,31,33). The quantitative estimate of drug-likeness (QED) is 0.563. The maximum absolute atomic E-state index is 13.2. The smallest absolute Gasteiger partial charge is 0.324 e. The lowest BCUT2D eigenvalue weighted by molar-refractivity contribution is -0.137. The van der Waals surface area contributed by atoms with Crippen LogP contribution < -0.4 is 10.6 Å². The number of aromatic nitrogens is 3. The van der Waals surface area contributed by atoms with Gasteiger partial charge in [0.1, 0.15) is 12.2 Å². The van der Waals surface area contributed by atoms with Gasteiger partial charge < -0.3 is 10.6 Å². The molecule has 0 bridgehead atoms. The first kappa shape index (κ1) is 21.6. The van der Waals surface area contributed by atoms with Crippen LogP contribution in [0.25, 0.3) is 5.69 Å². The average Bonchev–Trinajstić information content (AvgIpc) is 3.50. The number of nitrogens with one attached hydrogen (secondary N) is 2. The molecule has 170 valence electrons. The van der Waals surface area contributed by atoms with Crippen LogP contribution in [-0.2, 0) is 17.5 Å². The van der Waals surface area contributed by atoms with Gasteiger partial charge in [-0.05, 0) is 42.7 Å². The van der Waals surface area contributed by atoms with Gasteiger partial charge in [0.15, 0.2) is 0 Å². The van der Waals surface area contributed by atoms with Crippen molar-refractivity contribution in [1.82, 2.24) is 20.1 Å². The fraction of sp³-hybridized carbons (Fsp3) is 0.273. The van der Waals surface area contributed by atoms with E-state index in [9.17, 15) is 18.0 Å². The molecule has 7 nitrogen and oxygen atoms in total. The molecule has 0 atom stereocenters. The predicted octanol–water partition coefficient (Wildman–Crippen LogP) is 4.65.